The Hall–Kier alpha value is 0.927. The van der Waals surface area contributed by atoms with Gasteiger partial charge in [-0.25, -0.2) is 0 Å². The smallest absolute Gasteiger partial charge is 0 e. The molecule has 0 rings (SSSR count). The van der Waals surface area contributed by atoms with Gasteiger partial charge in [0.05, 0.1) is 0 Å². The summed E-state index contributed by atoms with van der Waals surface area (Å²) in [4.78, 5) is 0. The van der Waals surface area contributed by atoms with Crippen molar-refractivity contribution in [2.24, 2.45) is 0 Å². The quantitative estimate of drug-likeness (QED) is 0.405. The van der Waals surface area contributed by atoms with Crippen LogP contribution >= 0.6 is 0 Å². The van der Waals surface area contributed by atoms with Crippen molar-refractivity contribution in [3.05, 3.63) is 0 Å². The van der Waals surface area contributed by atoms with Gasteiger partial charge < -0.3 is 21.9 Å². The summed E-state index contributed by atoms with van der Waals surface area (Å²) in [5.41, 5.74) is 0. The van der Waals surface area contributed by atoms with Gasteiger partial charge in [-0.2, -0.15) is 0 Å². The van der Waals surface area contributed by atoms with Crippen LogP contribution in [-0.2, 0) is 25.8 Å². The molecule has 0 saturated heterocycles. The van der Waals surface area contributed by atoms with Crippen LogP contribution in [0.15, 0.2) is 0 Å². The summed E-state index contributed by atoms with van der Waals surface area (Å²) < 4.78 is 0. The van der Waals surface area contributed by atoms with Gasteiger partial charge in [-0.05, 0) is 0 Å². The van der Waals surface area contributed by atoms with E-state index in [2.05, 4.69) is 0 Å². The maximum absolute atomic E-state index is 0. The first-order chi connectivity index (χ1) is 0. The second-order valence-corrected chi connectivity index (χ2v) is 0. The van der Waals surface area contributed by atoms with Gasteiger partial charge in [-0.15, -0.1) is 0 Å². The Labute approximate surface area is 59.0 Å². The molecule has 0 bridgehead atoms. The van der Waals surface area contributed by atoms with Crippen molar-refractivity contribution < 1.29 is 47.7 Å². The van der Waals surface area contributed by atoms with Gasteiger partial charge in [0.25, 0.3) is 0 Å². The van der Waals surface area contributed by atoms with Gasteiger partial charge in [0.15, 0.2) is 0 Å². The fourth-order valence-electron chi connectivity index (χ4n) is 0. The molecule has 6 heteroatoms. The molecule has 0 aromatic rings. The summed E-state index contributed by atoms with van der Waals surface area (Å²) in [7, 11) is 0. The van der Waals surface area contributed by atoms with Crippen LogP contribution in [0.1, 0.15) is 0 Å². The molecule has 0 aromatic carbocycles. The van der Waals surface area contributed by atoms with E-state index in [-0.39, 0.29) is 58.7 Å². The Morgan fingerprint density at radius 1 is 0.500 bits per heavy atom. The van der Waals surface area contributed by atoms with Gasteiger partial charge in [0, 0.05) is 36.8 Å². The van der Waals surface area contributed by atoms with Crippen LogP contribution in [0.5, 0.6) is 0 Å². The van der Waals surface area contributed by atoms with E-state index in [4.69, 9.17) is 0 Å². The molecule has 0 aliphatic rings. The van der Waals surface area contributed by atoms with E-state index in [9.17, 15) is 0 Å². The molecule has 4 radical (unpaired) electrons. The minimum Gasteiger partial charge on any atom is -0.412 e. The summed E-state index contributed by atoms with van der Waals surface area (Å²) in [6.07, 6.45) is 0. The summed E-state index contributed by atoms with van der Waals surface area (Å²) in [6, 6.07) is 0. The Bertz CT molecular complexity index is 7.51. The maximum Gasteiger partial charge on any atom is 0 e. The fourth-order valence-corrected chi connectivity index (χ4v) is 0. The van der Waals surface area contributed by atoms with Crippen LogP contribution in [0.3, 0.4) is 0 Å². The molecule has 6 heavy (non-hydrogen) atoms. The molecule has 0 fully saturated rings. The molecular formula is H8HfO4Si. The Morgan fingerprint density at radius 2 is 0.500 bits per heavy atom. The molecule has 0 aliphatic heterocycles. The minimum absolute atomic E-state index is 0. The molecule has 0 aliphatic carbocycles. The van der Waals surface area contributed by atoms with Crippen LogP contribution in [0.4, 0.5) is 0 Å². The largest absolute Gasteiger partial charge is 0.412 e. The average Bonchev–Trinajstić information content (AvgIpc) is 0. The topological polar surface area (TPSA) is 126 Å². The molecule has 0 spiro atoms. The first-order valence-corrected chi connectivity index (χ1v) is 0. The van der Waals surface area contributed by atoms with Crippen molar-refractivity contribution in [2.75, 3.05) is 0 Å². The third-order valence-corrected chi connectivity index (χ3v) is 0. The van der Waals surface area contributed by atoms with Crippen molar-refractivity contribution in [1.29, 1.82) is 0 Å². The van der Waals surface area contributed by atoms with Crippen LogP contribution in [0, 0.1) is 0 Å². The zero-order valence-corrected chi connectivity index (χ0v) is 7.59. The Balaban J connectivity index is 0. The summed E-state index contributed by atoms with van der Waals surface area (Å²) in [5.74, 6) is 0. The van der Waals surface area contributed by atoms with Gasteiger partial charge in [0.1, 0.15) is 0 Å². The average molecular weight is 279 g/mol. The van der Waals surface area contributed by atoms with Gasteiger partial charge in [0.2, 0.25) is 0 Å². The van der Waals surface area contributed by atoms with Gasteiger partial charge >= 0.3 is 0 Å². The fraction of sp³-hybridized carbons (Fsp3) is 0. The molecule has 0 atom stereocenters. The Kier molecular flexibility index (Phi) is 7900. The molecule has 40 valence electrons. The number of hydrogen-bond donors (Lipinski definition) is 0. The van der Waals surface area contributed by atoms with Crippen molar-refractivity contribution in [1.82, 2.24) is 0 Å². The number of rotatable bonds is 0. The van der Waals surface area contributed by atoms with E-state index in [0.717, 1.165) is 0 Å². The molecule has 0 unspecified atom stereocenters. The molecule has 4 nitrogen and oxygen atoms in total. The third kappa shape index (κ3) is 88.4. The SMILES string of the molecule is O.O.O.O.[Hf].[Si]. The van der Waals surface area contributed by atoms with E-state index in [1.165, 1.54) is 0 Å². The van der Waals surface area contributed by atoms with Crippen molar-refractivity contribution in [3.63, 3.8) is 0 Å². The second-order valence-electron chi connectivity index (χ2n) is 0. The van der Waals surface area contributed by atoms with E-state index < -0.39 is 0 Å². The summed E-state index contributed by atoms with van der Waals surface area (Å²) in [6.45, 7) is 0. The van der Waals surface area contributed by atoms with Gasteiger partial charge in [-0.1, -0.05) is 0 Å². The molecule has 8 N–H and O–H groups in total. The van der Waals surface area contributed by atoms with E-state index in [0.29, 0.717) is 0 Å². The normalized spacial score (nSPS) is 0. The standard InChI is InChI=1S/Hf.4H2O.Si/h;4*1H2;. The third-order valence-electron chi connectivity index (χ3n) is 0. The Morgan fingerprint density at radius 3 is 0.500 bits per heavy atom. The predicted octanol–water partition coefficient (Wildman–Crippen LogP) is -3.68. The van der Waals surface area contributed by atoms with E-state index in [1.807, 2.05) is 0 Å². The molecule has 0 amide bonds. The van der Waals surface area contributed by atoms with Crippen molar-refractivity contribution in [2.45, 2.75) is 0 Å². The monoisotopic (exact) mass is 280 g/mol. The molecule has 0 saturated carbocycles. The molecular weight excluding hydrogens is 271 g/mol. The summed E-state index contributed by atoms with van der Waals surface area (Å²) >= 11 is 0. The predicted molar refractivity (Wildman–Crippen MR) is 20.2 cm³/mol. The van der Waals surface area contributed by atoms with E-state index in [1.54, 1.807) is 0 Å². The van der Waals surface area contributed by atoms with Crippen LogP contribution in [0.25, 0.3) is 0 Å². The first kappa shape index (κ1) is 283. The first-order valence-electron chi connectivity index (χ1n) is 0. The minimum atomic E-state index is 0. The van der Waals surface area contributed by atoms with Gasteiger partial charge in [-0.3, -0.25) is 0 Å². The maximum atomic E-state index is 0. The summed E-state index contributed by atoms with van der Waals surface area (Å²) in [5, 5.41) is 0. The van der Waals surface area contributed by atoms with Crippen LogP contribution in [0.2, 0.25) is 0 Å². The van der Waals surface area contributed by atoms with Crippen LogP contribution < -0.4 is 0 Å². The number of hydrogen-bond acceptors (Lipinski definition) is 0. The zero-order chi connectivity index (χ0) is 0. The van der Waals surface area contributed by atoms with E-state index >= 15 is 0 Å². The molecule has 0 heterocycles. The molecule has 0 aromatic heterocycles. The zero-order valence-electron chi connectivity index (χ0n) is 3.00. The second kappa shape index (κ2) is 167. The van der Waals surface area contributed by atoms with Crippen molar-refractivity contribution in [3.8, 4) is 0 Å². The van der Waals surface area contributed by atoms with Crippen LogP contribution in [-0.4, -0.2) is 32.9 Å². The van der Waals surface area contributed by atoms with Crippen molar-refractivity contribution >= 4 is 11.0 Å².